The Kier molecular flexibility index (Phi) is 5.46. The lowest BCUT2D eigenvalue weighted by atomic mass is 9.92. The van der Waals surface area contributed by atoms with E-state index in [1.54, 1.807) is 0 Å². The highest BCUT2D eigenvalue weighted by molar-refractivity contribution is 4.84. The van der Waals surface area contributed by atoms with E-state index in [-0.39, 0.29) is 0 Å². The highest BCUT2D eigenvalue weighted by atomic mass is 16.5. The van der Waals surface area contributed by atoms with Crippen LogP contribution in [0.5, 0.6) is 0 Å². The molecule has 3 unspecified atom stereocenters. The first-order valence-corrected chi connectivity index (χ1v) is 7.72. The van der Waals surface area contributed by atoms with Gasteiger partial charge in [0.2, 0.25) is 0 Å². The summed E-state index contributed by atoms with van der Waals surface area (Å²) >= 11 is 0. The third kappa shape index (κ3) is 3.69. The Bertz CT molecular complexity index is 239. The predicted octanol–water partition coefficient (Wildman–Crippen LogP) is 2.12. The minimum Gasteiger partial charge on any atom is -0.381 e. The minimum absolute atomic E-state index is 0.650. The fourth-order valence-corrected chi connectivity index (χ4v) is 3.47. The summed E-state index contributed by atoms with van der Waals surface area (Å²) in [5, 5.41) is 3.54. The zero-order chi connectivity index (χ0) is 13.0. The first-order valence-electron chi connectivity index (χ1n) is 7.72. The normalized spacial score (nSPS) is 34.2. The van der Waals surface area contributed by atoms with E-state index in [9.17, 15) is 0 Å². The topological polar surface area (TPSA) is 24.5 Å². The van der Waals surface area contributed by atoms with Crippen LogP contribution in [-0.4, -0.2) is 49.8 Å². The Morgan fingerprint density at radius 2 is 2.17 bits per heavy atom. The molecule has 2 aliphatic rings. The third-order valence-electron chi connectivity index (χ3n) is 4.55. The molecule has 0 aliphatic carbocycles. The molecule has 0 aromatic heterocycles. The van der Waals surface area contributed by atoms with Gasteiger partial charge in [-0.05, 0) is 58.0 Å². The van der Waals surface area contributed by atoms with Crippen LogP contribution in [0.3, 0.4) is 0 Å². The maximum Gasteiger partial charge on any atom is 0.0506 e. The average Bonchev–Trinajstić information content (AvgIpc) is 2.38. The maximum absolute atomic E-state index is 5.59. The number of hydrogen-bond acceptors (Lipinski definition) is 3. The van der Waals surface area contributed by atoms with E-state index in [4.69, 9.17) is 4.74 Å². The van der Waals surface area contributed by atoms with Crippen molar-refractivity contribution in [1.29, 1.82) is 0 Å². The molecule has 3 nitrogen and oxygen atoms in total. The fraction of sp³-hybridized carbons (Fsp3) is 1.00. The zero-order valence-corrected chi connectivity index (χ0v) is 12.3. The van der Waals surface area contributed by atoms with Crippen LogP contribution in [0.1, 0.15) is 40.0 Å². The second-order valence-electron chi connectivity index (χ2n) is 6.41. The first kappa shape index (κ1) is 14.3. The number of piperidine rings is 1. The molecule has 3 heteroatoms. The van der Waals surface area contributed by atoms with E-state index >= 15 is 0 Å². The summed E-state index contributed by atoms with van der Waals surface area (Å²) in [5.74, 6) is 1.52. The van der Waals surface area contributed by atoms with E-state index in [1.807, 2.05) is 0 Å². The van der Waals surface area contributed by atoms with Gasteiger partial charge in [-0.15, -0.1) is 0 Å². The molecule has 1 N–H and O–H groups in total. The van der Waals surface area contributed by atoms with E-state index in [2.05, 4.69) is 31.0 Å². The average molecular weight is 254 g/mol. The molecule has 0 radical (unpaired) electrons. The summed E-state index contributed by atoms with van der Waals surface area (Å²) in [6.45, 7) is 12.6. The number of nitrogens with zero attached hydrogens (tertiary/aromatic N) is 1. The zero-order valence-electron chi connectivity index (χ0n) is 12.3. The van der Waals surface area contributed by atoms with Crippen LogP contribution in [-0.2, 0) is 4.74 Å². The van der Waals surface area contributed by atoms with Crippen molar-refractivity contribution >= 4 is 0 Å². The van der Waals surface area contributed by atoms with Crippen LogP contribution in [0.2, 0.25) is 0 Å². The van der Waals surface area contributed by atoms with Gasteiger partial charge < -0.3 is 10.1 Å². The molecule has 0 spiro atoms. The molecule has 18 heavy (non-hydrogen) atoms. The van der Waals surface area contributed by atoms with Gasteiger partial charge in [0.25, 0.3) is 0 Å². The molecule has 0 aromatic carbocycles. The summed E-state index contributed by atoms with van der Waals surface area (Å²) in [6.07, 6.45) is 3.95. The minimum atomic E-state index is 0.650. The third-order valence-corrected chi connectivity index (χ3v) is 4.55. The molecule has 0 aromatic rings. The fourth-order valence-electron chi connectivity index (χ4n) is 3.47. The summed E-state index contributed by atoms with van der Waals surface area (Å²) in [6, 6.07) is 1.37. The summed E-state index contributed by atoms with van der Waals surface area (Å²) in [7, 11) is 0. The van der Waals surface area contributed by atoms with E-state index < -0.39 is 0 Å². The van der Waals surface area contributed by atoms with Crippen LogP contribution in [0.15, 0.2) is 0 Å². The van der Waals surface area contributed by atoms with Gasteiger partial charge in [0.05, 0.1) is 6.61 Å². The summed E-state index contributed by atoms with van der Waals surface area (Å²) in [5.41, 5.74) is 0. The Morgan fingerprint density at radius 1 is 1.33 bits per heavy atom. The van der Waals surface area contributed by atoms with Gasteiger partial charge in [0.1, 0.15) is 0 Å². The molecule has 2 heterocycles. The molecule has 2 saturated heterocycles. The summed E-state index contributed by atoms with van der Waals surface area (Å²) in [4.78, 5) is 2.74. The van der Waals surface area contributed by atoms with Crippen LogP contribution in [0, 0.1) is 11.8 Å². The monoisotopic (exact) mass is 254 g/mol. The first-order chi connectivity index (χ1) is 8.68. The molecule has 2 rings (SSSR count). The van der Waals surface area contributed by atoms with Crippen molar-refractivity contribution < 1.29 is 4.74 Å². The molecule has 2 aliphatic heterocycles. The van der Waals surface area contributed by atoms with Crippen LogP contribution in [0.25, 0.3) is 0 Å². The lowest BCUT2D eigenvalue weighted by molar-refractivity contribution is -0.0227. The van der Waals surface area contributed by atoms with E-state index in [1.165, 1.54) is 38.9 Å². The quantitative estimate of drug-likeness (QED) is 0.832. The standard InChI is InChI=1S/C15H30N2O/c1-12(2)17(10-14-5-4-7-16-9-14)15-6-8-18-11-13(15)3/h12-16H,4-11H2,1-3H3. The largest absolute Gasteiger partial charge is 0.381 e. The van der Waals surface area contributed by atoms with Gasteiger partial charge in [-0.25, -0.2) is 0 Å². The Hall–Kier alpha value is -0.120. The highest BCUT2D eigenvalue weighted by Crippen LogP contribution is 2.24. The Morgan fingerprint density at radius 3 is 2.78 bits per heavy atom. The van der Waals surface area contributed by atoms with Crippen molar-refractivity contribution in [3.05, 3.63) is 0 Å². The number of rotatable bonds is 4. The Labute approximate surface area is 112 Å². The molecule has 3 atom stereocenters. The lowest BCUT2D eigenvalue weighted by Crippen LogP contribution is -2.51. The highest BCUT2D eigenvalue weighted by Gasteiger charge is 2.31. The van der Waals surface area contributed by atoms with Crippen molar-refractivity contribution in [3.63, 3.8) is 0 Å². The number of hydrogen-bond donors (Lipinski definition) is 1. The molecule has 0 bridgehead atoms. The van der Waals surface area contributed by atoms with E-state index in [0.717, 1.165) is 25.2 Å². The molecule has 2 fully saturated rings. The molecule has 0 amide bonds. The second-order valence-corrected chi connectivity index (χ2v) is 6.41. The van der Waals surface area contributed by atoms with Gasteiger partial charge in [-0.2, -0.15) is 0 Å². The SMILES string of the molecule is CC1COCCC1N(CC1CCCNC1)C(C)C. The Balaban J connectivity index is 1.93. The van der Waals surface area contributed by atoms with Crippen molar-refractivity contribution in [1.82, 2.24) is 10.2 Å². The second kappa shape index (κ2) is 6.88. The van der Waals surface area contributed by atoms with Gasteiger partial charge in [-0.1, -0.05) is 6.92 Å². The molecular formula is C15H30N2O. The van der Waals surface area contributed by atoms with Crippen molar-refractivity contribution in [2.75, 3.05) is 32.8 Å². The predicted molar refractivity (Wildman–Crippen MR) is 75.8 cm³/mol. The van der Waals surface area contributed by atoms with E-state index in [0.29, 0.717) is 12.0 Å². The van der Waals surface area contributed by atoms with Crippen molar-refractivity contribution in [3.8, 4) is 0 Å². The molecule has 106 valence electrons. The maximum atomic E-state index is 5.59. The van der Waals surface area contributed by atoms with Gasteiger partial charge in [-0.3, -0.25) is 4.90 Å². The van der Waals surface area contributed by atoms with Crippen LogP contribution >= 0.6 is 0 Å². The molecule has 0 saturated carbocycles. The molecular weight excluding hydrogens is 224 g/mol. The van der Waals surface area contributed by atoms with Gasteiger partial charge in [0.15, 0.2) is 0 Å². The van der Waals surface area contributed by atoms with Crippen LogP contribution in [0.4, 0.5) is 0 Å². The summed E-state index contributed by atoms with van der Waals surface area (Å²) < 4.78 is 5.59. The van der Waals surface area contributed by atoms with Crippen molar-refractivity contribution in [2.24, 2.45) is 11.8 Å². The van der Waals surface area contributed by atoms with Gasteiger partial charge in [0, 0.05) is 25.2 Å². The number of nitrogens with one attached hydrogen (secondary N) is 1. The van der Waals surface area contributed by atoms with Crippen LogP contribution < -0.4 is 5.32 Å². The number of ether oxygens (including phenoxy) is 1. The van der Waals surface area contributed by atoms with Crippen molar-refractivity contribution in [2.45, 2.75) is 52.1 Å². The lowest BCUT2D eigenvalue weighted by Gasteiger charge is -2.43. The van der Waals surface area contributed by atoms with Gasteiger partial charge >= 0.3 is 0 Å². The smallest absolute Gasteiger partial charge is 0.0506 e.